The van der Waals surface area contributed by atoms with Crippen LogP contribution < -0.4 is 9.80 Å². The van der Waals surface area contributed by atoms with E-state index in [4.69, 9.17) is 0 Å². The van der Waals surface area contributed by atoms with Crippen molar-refractivity contribution in [1.29, 1.82) is 0 Å². The lowest BCUT2D eigenvalue weighted by atomic mass is 9.82. The van der Waals surface area contributed by atoms with E-state index in [1.807, 2.05) is 0 Å². The molecule has 62 heavy (non-hydrogen) atoms. The minimum atomic E-state index is 0.142. The van der Waals surface area contributed by atoms with Crippen LogP contribution in [0.1, 0.15) is 76.0 Å². The molecule has 3 aliphatic carbocycles. The second kappa shape index (κ2) is 16.5. The summed E-state index contributed by atoms with van der Waals surface area (Å²) in [5, 5.41) is 7.91. The molecule has 7 aromatic carbocycles. The highest BCUT2D eigenvalue weighted by Crippen LogP contribution is 2.51. The first-order valence-corrected chi connectivity index (χ1v) is 22.9. The van der Waals surface area contributed by atoms with Crippen LogP contribution in [0, 0.1) is 18.8 Å². The van der Waals surface area contributed by atoms with Crippen molar-refractivity contribution in [3.05, 3.63) is 204 Å². The van der Waals surface area contributed by atoms with E-state index < -0.39 is 0 Å². The standard InChI is InChI=1S/C60H58N2/c1-39(2)43-26-28-47(29-27-43)61(46-23-14-9-15-24-46)57-37-54(44-19-10-7-11-20-44)50-33-35-53-58(38-55(45-21-12-8-13-22-45)51-32-34-52(57)59(50)60(51)53)62(56-25-17-16-18-41(56)5)48-30-31-49(40(3)4)42(6)36-48/h7-21,23-28,30-41,45,47,56H,22,29H2,1-6H3. The number of aryl methyl sites for hydroxylation is 1. The van der Waals surface area contributed by atoms with Gasteiger partial charge in [-0.25, -0.2) is 0 Å². The SMILES string of the molecule is Cc1cc(N(c2cc(C3C=CC=CC3)c3ccc4c(N(c5ccccc5)C5C=CC(C(C)C)=CC5)cc(-c5ccccc5)c5ccc2c3c54)C2C=CC=CC2C)ccc1C(C)C. The molecule has 0 bridgehead atoms. The summed E-state index contributed by atoms with van der Waals surface area (Å²) in [6.07, 6.45) is 27.6. The van der Waals surface area contributed by atoms with Crippen molar-refractivity contribution in [3.8, 4) is 11.1 Å². The molecule has 3 aliphatic rings. The first-order valence-electron chi connectivity index (χ1n) is 22.9. The zero-order valence-corrected chi connectivity index (χ0v) is 37.1. The van der Waals surface area contributed by atoms with E-state index in [0.717, 1.165) is 12.8 Å². The van der Waals surface area contributed by atoms with E-state index in [9.17, 15) is 0 Å². The predicted octanol–water partition coefficient (Wildman–Crippen LogP) is 16.6. The molecule has 0 saturated heterocycles. The van der Waals surface area contributed by atoms with Crippen LogP contribution in [-0.4, -0.2) is 12.1 Å². The third-order valence-electron chi connectivity index (χ3n) is 13.8. The summed E-state index contributed by atoms with van der Waals surface area (Å²) < 4.78 is 0. The van der Waals surface area contributed by atoms with Crippen molar-refractivity contribution < 1.29 is 0 Å². The maximum absolute atomic E-state index is 2.67. The molecular formula is C60H58N2. The van der Waals surface area contributed by atoms with Crippen LogP contribution in [0.25, 0.3) is 43.4 Å². The molecule has 0 fully saturated rings. The first kappa shape index (κ1) is 39.7. The molecule has 0 saturated carbocycles. The smallest absolute Gasteiger partial charge is 0.0585 e. The Bertz CT molecular complexity index is 2960. The number of para-hydroxylation sites is 1. The number of hydrogen-bond acceptors (Lipinski definition) is 2. The molecule has 308 valence electrons. The maximum atomic E-state index is 2.67. The predicted molar refractivity (Wildman–Crippen MR) is 269 cm³/mol. The van der Waals surface area contributed by atoms with Gasteiger partial charge in [0.05, 0.1) is 17.8 Å². The van der Waals surface area contributed by atoms with Gasteiger partial charge in [-0.05, 0) is 123 Å². The van der Waals surface area contributed by atoms with Crippen molar-refractivity contribution in [3.63, 3.8) is 0 Å². The van der Waals surface area contributed by atoms with Gasteiger partial charge >= 0.3 is 0 Å². The zero-order chi connectivity index (χ0) is 42.5. The van der Waals surface area contributed by atoms with Gasteiger partial charge in [0.25, 0.3) is 0 Å². The summed E-state index contributed by atoms with van der Waals surface area (Å²) in [5.74, 6) is 1.53. The zero-order valence-electron chi connectivity index (χ0n) is 37.1. The third kappa shape index (κ3) is 7.00. The Morgan fingerprint density at radius 3 is 1.90 bits per heavy atom. The minimum absolute atomic E-state index is 0.142. The largest absolute Gasteiger partial charge is 0.334 e. The van der Waals surface area contributed by atoms with Gasteiger partial charge in [0.15, 0.2) is 0 Å². The Kier molecular flexibility index (Phi) is 10.6. The third-order valence-corrected chi connectivity index (χ3v) is 13.8. The van der Waals surface area contributed by atoms with Gasteiger partial charge in [-0.1, -0.05) is 180 Å². The lowest BCUT2D eigenvalue weighted by Gasteiger charge is -2.38. The highest BCUT2D eigenvalue weighted by molar-refractivity contribution is 6.30. The summed E-state index contributed by atoms with van der Waals surface area (Å²) in [5.41, 5.74) is 13.0. The Balaban J connectivity index is 1.32. The lowest BCUT2D eigenvalue weighted by molar-refractivity contribution is 0.610. The fourth-order valence-electron chi connectivity index (χ4n) is 10.7. The van der Waals surface area contributed by atoms with Crippen molar-refractivity contribution in [2.45, 2.75) is 78.3 Å². The summed E-state index contributed by atoms with van der Waals surface area (Å²) >= 11 is 0. The summed E-state index contributed by atoms with van der Waals surface area (Å²) in [6, 6.07) is 44.4. The topological polar surface area (TPSA) is 6.48 Å². The number of nitrogens with zero attached hydrogens (tertiary/aromatic N) is 2. The van der Waals surface area contributed by atoms with Crippen LogP contribution in [-0.2, 0) is 0 Å². The van der Waals surface area contributed by atoms with Crippen LogP contribution in [0.2, 0.25) is 0 Å². The van der Waals surface area contributed by atoms with E-state index in [1.165, 1.54) is 88.5 Å². The van der Waals surface area contributed by atoms with Gasteiger partial charge in [-0.3, -0.25) is 0 Å². The first-order chi connectivity index (χ1) is 30.3. The molecule has 0 spiro atoms. The molecule has 7 aromatic rings. The van der Waals surface area contributed by atoms with Gasteiger partial charge in [0.1, 0.15) is 0 Å². The number of anilines is 4. The monoisotopic (exact) mass is 806 g/mol. The fraction of sp³-hybridized carbons (Fsp3) is 0.233. The molecule has 0 aromatic heterocycles. The van der Waals surface area contributed by atoms with Crippen LogP contribution in [0.3, 0.4) is 0 Å². The molecule has 0 aliphatic heterocycles. The Morgan fingerprint density at radius 1 is 0.565 bits per heavy atom. The van der Waals surface area contributed by atoms with Crippen molar-refractivity contribution in [1.82, 2.24) is 0 Å². The molecule has 2 heteroatoms. The average molecular weight is 807 g/mol. The average Bonchev–Trinajstić information content (AvgIpc) is 3.30. The maximum Gasteiger partial charge on any atom is 0.0585 e. The number of hydrogen-bond donors (Lipinski definition) is 0. The normalized spacial score (nSPS) is 19.7. The van der Waals surface area contributed by atoms with Crippen LogP contribution in [0.5, 0.6) is 0 Å². The van der Waals surface area contributed by atoms with E-state index in [2.05, 4.69) is 233 Å². The van der Waals surface area contributed by atoms with E-state index in [0.29, 0.717) is 17.8 Å². The Morgan fingerprint density at radius 2 is 1.24 bits per heavy atom. The minimum Gasteiger partial charge on any atom is -0.334 e. The van der Waals surface area contributed by atoms with Crippen molar-refractivity contribution in [2.24, 2.45) is 11.8 Å². The van der Waals surface area contributed by atoms with Crippen LogP contribution in [0.15, 0.2) is 188 Å². The lowest BCUT2D eigenvalue weighted by Crippen LogP contribution is -2.35. The molecule has 0 heterocycles. The molecule has 4 atom stereocenters. The summed E-state index contributed by atoms with van der Waals surface area (Å²) in [4.78, 5) is 5.28. The molecule has 0 N–H and O–H groups in total. The fourth-order valence-corrected chi connectivity index (χ4v) is 10.7. The molecule has 2 nitrogen and oxygen atoms in total. The number of benzene rings is 7. The molecule has 0 radical (unpaired) electrons. The number of allylic oxidation sites excluding steroid dienone is 8. The molecule has 10 rings (SSSR count). The molecule has 4 unspecified atom stereocenters. The van der Waals surface area contributed by atoms with E-state index in [-0.39, 0.29) is 18.0 Å². The second-order valence-electron chi connectivity index (χ2n) is 18.4. The van der Waals surface area contributed by atoms with Gasteiger partial charge in [-0.2, -0.15) is 0 Å². The Hall–Kier alpha value is -6.38. The van der Waals surface area contributed by atoms with E-state index >= 15 is 0 Å². The molecular weight excluding hydrogens is 749 g/mol. The van der Waals surface area contributed by atoms with Crippen LogP contribution >= 0.6 is 0 Å². The van der Waals surface area contributed by atoms with Gasteiger partial charge in [-0.15, -0.1) is 0 Å². The van der Waals surface area contributed by atoms with Gasteiger partial charge < -0.3 is 9.80 Å². The van der Waals surface area contributed by atoms with Crippen molar-refractivity contribution >= 4 is 55.1 Å². The summed E-state index contributed by atoms with van der Waals surface area (Å²) in [6.45, 7) is 13.9. The van der Waals surface area contributed by atoms with E-state index in [1.54, 1.807) is 0 Å². The quantitative estimate of drug-likeness (QED) is 0.127. The molecule has 0 amide bonds. The van der Waals surface area contributed by atoms with Crippen molar-refractivity contribution in [2.75, 3.05) is 9.80 Å². The van der Waals surface area contributed by atoms with Crippen LogP contribution in [0.4, 0.5) is 22.7 Å². The highest BCUT2D eigenvalue weighted by atomic mass is 15.2. The Labute approximate surface area is 368 Å². The highest BCUT2D eigenvalue weighted by Gasteiger charge is 2.31. The second-order valence-corrected chi connectivity index (χ2v) is 18.4. The van der Waals surface area contributed by atoms with Gasteiger partial charge in [0.2, 0.25) is 0 Å². The number of rotatable bonds is 10. The van der Waals surface area contributed by atoms with Gasteiger partial charge in [0, 0.05) is 39.1 Å². The summed E-state index contributed by atoms with van der Waals surface area (Å²) in [7, 11) is 0.